The highest BCUT2D eigenvalue weighted by Crippen LogP contribution is 2.27. The number of benzene rings is 1. The molecule has 1 fully saturated rings. The minimum Gasteiger partial charge on any atom is -0.489 e. The molecule has 1 aliphatic rings. The summed E-state index contributed by atoms with van der Waals surface area (Å²) >= 11 is 0. The lowest BCUT2D eigenvalue weighted by Gasteiger charge is -2.31. The third-order valence-electron chi connectivity index (χ3n) is 4.13. The molecule has 0 amide bonds. The second kappa shape index (κ2) is 8.25. The lowest BCUT2D eigenvalue weighted by molar-refractivity contribution is 0.182. The van der Waals surface area contributed by atoms with Crippen LogP contribution in [-0.2, 0) is 0 Å². The monoisotopic (exact) mass is 279 g/mol. The van der Waals surface area contributed by atoms with Gasteiger partial charge >= 0.3 is 0 Å². The average molecular weight is 279 g/mol. The van der Waals surface area contributed by atoms with E-state index >= 15 is 0 Å². The Hall–Kier alpha value is -1.09. The molecule has 0 aromatic heterocycles. The first-order chi connectivity index (χ1) is 9.81. The average Bonchev–Trinajstić information content (AvgIpc) is 2.50. The number of hydrogen-bond acceptors (Lipinski definition) is 2. The molecule has 20 heavy (non-hydrogen) atoms. The van der Waals surface area contributed by atoms with Crippen molar-refractivity contribution in [3.8, 4) is 5.75 Å². The van der Waals surface area contributed by atoms with E-state index in [0.717, 1.165) is 13.0 Å². The third-order valence-corrected chi connectivity index (χ3v) is 4.13. The van der Waals surface area contributed by atoms with Crippen molar-refractivity contribution in [2.45, 2.75) is 51.5 Å². The van der Waals surface area contributed by atoms with Crippen LogP contribution in [0.2, 0.25) is 0 Å². The lowest BCUT2D eigenvalue weighted by atomic mass is 9.84. The van der Waals surface area contributed by atoms with Crippen LogP contribution in [0.3, 0.4) is 0 Å². The predicted molar refractivity (Wildman–Crippen MR) is 80.6 cm³/mol. The van der Waals surface area contributed by atoms with E-state index in [4.69, 9.17) is 4.74 Å². The van der Waals surface area contributed by atoms with Crippen LogP contribution in [0, 0.1) is 11.7 Å². The van der Waals surface area contributed by atoms with Crippen molar-refractivity contribution in [2.24, 2.45) is 5.92 Å². The Morgan fingerprint density at radius 2 is 2.00 bits per heavy atom. The van der Waals surface area contributed by atoms with Crippen LogP contribution < -0.4 is 10.1 Å². The Bertz CT molecular complexity index is 390. The fraction of sp³-hybridized carbons (Fsp3) is 0.647. The van der Waals surface area contributed by atoms with E-state index in [9.17, 15) is 4.39 Å². The molecule has 1 aliphatic carbocycles. The van der Waals surface area contributed by atoms with Crippen molar-refractivity contribution in [2.75, 3.05) is 13.2 Å². The summed E-state index contributed by atoms with van der Waals surface area (Å²) in [5.74, 6) is 0.763. The van der Waals surface area contributed by atoms with Gasteiger partial charge in [-0.3, -0.25) is 0 Å². The van der Waals surface area contributed by atoms with Crippen LogP contribution in [0.15, 0.2) is 24.3 Å². The highest BCUT2D eigenvalue weighted by atomic mass is 19.1. The molecule has 1 aromatic carbocycles. The maximum Gasteiger partial charge on any atom is 0.165 e. The minimum atomic E-state index is -0.273. The molecule has 1 saturated carbocycles. The van der Waals surface area contributed by atoms with Gasteiger partial charge in [0.2, 0.25) is 0 Å². The smallest absolute Gasteiger partial charge is 0.165 e. The molecule has 1 atom stereocenters. The van der Waals surface area contributed by atoms with Gasteiger partial charge in [0.1, 0.15) is 6.61 Å². The molecular weight excluding hydrogens is 253 g/mol. The first-order valence-corrected chi connectivity index (χ1v) is 7.92. The molecule has 112 valence electrons. The van der Waals surface area contributed by atoms with E-state index in [0.29, 0.717) is 24.3 Å². The zero-order valence-electron chi connectivity index (χ0n) is 12.4. The summed E-state index contributed by atoms with van der Waals surface area (Å²) in [4.78, 5) is 0. The van der Waals surface area contributed by atoms with Gasteiger partial charge in [-0.1, -0.05) is 38.3 Å². The molecule has 0 bridgehead atoms. The van der Waals surface area contributed by atoms with Crippen LogP contribution in [0.1, 0.15) is 45.4 Å². The summed E-state index contributed by atoms with van der Waals surface area (Å²) < 4.78 is 19.3. The summed E-state index contributed by atoms with van der Waals surface area (Å²) in [7, 11) is 0. The van der Waals surface area contributed by atoms with Gasteiger partial charge in [0, 0.05) is 6.04 Å². The maximum atomic E-state index is 13.6. The molecule has 1 aromatic rings. The van der Waals surface area contributed by atoms with Crippen molar-refractivity contribution in [1.82, 2.24) is 5.32 Å². The summed E-state index contributed by atoms with van der Waals surface area (Å²) in [6, 6.07) is 7.00. The summed E-state index contributed by atoms with van der Waals surface area (Å²) in [6.45, 7) is 3.73. The number of nitrogens with one attached hydrogen (secondary N) is 1. The van der Waals surface area contributed by atoms with Crippen molar-refractivity contribution >= 4 is 0 Å². The van der Waals surface area contributed by atoms with Crippen molar-refractivity contribution in [3.05, 3.63) is 30.1 Å². The quantitative estimate of drug-likeness (QED) is 0.809. The zero-order valence-corrected chi connectivity index (χ0v) is 12.4. The summed E-state index contributed by atoms with van der Waals surface area (Å²) in [5, 5.41) is 3.58. The molecule has 2 rings (SSSR count). The fourth-order valence-corrected chi connectivity index (χ4v) is 2.97. The summed E-state index contributed by atoms with van der Waals surface area (Å²) in [5.41, 5.74) is 0. The first-order valence-electron chi connectivity index (χ1n) is 7.92. The Morgan fingerprint density at radius 1 is 1.25 bits per heavy atom. The van der Waals surface area contributed by atoms with E-state index in [1.54, 1.807) is 12.1 Å². The summed E-state index contributed by atoms with van der Waals surface area (Å²) in [6.07, 6.45) is 7.63. The van der Waals surface area contributed by atoms with E-state index < -0.39 is 0 Å². The van der Waals surface area contributed by atoms with Crippen molar-refractivity contribution in [3.63, 3.8) is 0 Å². The van der Waals surface area contributed by atoms with Crippen LogP contribution in [0.5, 0.6) is 5.75 Å². The SMILES string of the molecule is CCCNC(COc1ccccc1F)C1CCCCC1. The number of hydrogen-bond donors (Lipinski definition) is 1. The molecule has 3 heteroatoms. The number of rotatable bonds is 7. The van der Waals surface area contributed by atoms with Crippen LogP contribution in [0.4, 0.5) is 4.39 Å². The largest absolute Gasteiger partial charge is 0.489 e. The molecule has 0 heterocycles. The maximum absolute atomic E-state index is 13.6. The molecule has 1 N–H and O–H groups in total. The van der Waals surface area contributed by atoms with Gasteiger partial charge in [0.25, 0.3) is 0 Å². The molecule has 0 saturated heterocycles. The highest BCUT2D eigenvalue weighted by molar-refractivity contribution is 5.23. The Balaban J connectivity index is 1.91. The Labute approximate surface area is 121 Å². The van der Waals surface area contributed by atoms with Crippen molar-refractivity contribution < 1.29 is 9.13 Å². The predicted octanol–water partition coefficient (Wildman–Crippen LogP) is 4.15. The molecule has 0 spiro atoms. The first kappa shape index (κ1) is 15.3. The second-order valence-electron chi connectivity index (χ2n) is 5.70. The highest BCUT2D eigenvalue weighted by Gasteiger charge is 2.23. The fourth-order valence-electron chi connectivity index (χ4n) is 2.97. The lowest BCUT2D eigenvalue weighted by Crippen LogP contribution is -2.42. The number of halogens is 1. The third kappa shape index (κ3) is 4.48. The van der Waals surface area contributed by atoms with Gasteiger partial charge in [-0.25, -0.2) is 4.39 Å². The Morgan fingerprint density at radius 3 is 2.70 bits per heavy atom. The standard InChI is InChI=1S/C17H26FNO/c1-2-12-19-16(14-8-4-3-5-9-14)13-20-17-11-7-6-10-15(17)18/h6-7,10-11,14,16,19H,2-5,8-9,12-13H2,1H3. The molecule has 0 aliphatic heterocycles. The molecular formula is C17H26FNO. The number of ether oxygens (including phenoxy) is 1. The van der Waals surface area contributed by atoms with Gasteiger partial charge in [-0.2, -0.15) is 0 Å². The molecule has 0 radical (unpaired) electrons. The number of para-hydroxylation sites is 1. The van der Waals surface area contributed by atoms with E-state index in [1.165, 1.54) is 38.2 Å². The van der Waals surface area contributed by atoms with Gasteiger partial charge in [0.15, 0.2) is 11.6 Å². The van der Waals surface area contributed by atoms with Crippen LogP contribution in [0.25, 0.3) is 0 Å². The van der Waals surface area contributed by atoms with Gasteiger partial charge in [-0.05, 0) is 43.9 Å². The van der Waals surface area contributed by atoms with Gasteiger partial charge < -0.3 is 10.1 Å². The Kier molecular flexibility index (Phi) is 6.31. The van der Waals surface area contributed by atoms with Gasteiger partial charge in [-0.15, -0.1) is 0 Å². The van der Waals surface area contributed by atoms with E-state index in [2.05, 4.69) is 12.2 Å². The topological polar surface area (TPSA) is 21.3 Å². The molecule has 1 unspecified atom stereocenters. The van der Waals surface area contributed by atoms with E-state index in [1.807, 2.05) is 6.07 Å². The zero-order chi connectivity index (χ0) is 14.2. The second-order valence-corrected chi connectivity index (χ2v) is 5.70. The normalized spacial score (nSPS) is 17.9. The van der Waals surface area contributed by atoms with Crippen molar-refractivity contribution in [1.29, 1.82) is 0 Å². The van der Waals surface area contributed by atoms with Crippen LogP contribution >= 0.6 is 0 Å². The van der Waals surface area contributed by atoms with Gasteiger partial charge in [0.05, 0.1) is 0 Å². The van der Waals surface area contributed by atoms with E-state index in [-0.39, 0.29) is 5.82 Å². The van der Waals surface area contributed by atoms with Crippen LogP contribution in [-0.4, -0.2) is 19.2 Å². The molecule has 2 nitrogen and oxygen atoms in total. The minimum absolute atomic E-state index is 0.273.